The van der Waals surface area contributed by atoms with Crippen molar-refractivity contribution in [2.45, 2.75) is 77.9 Å². The molecule has 0 aromatic heterocycles. The average Bonchev–Trinajstić information content (AvgIpc) is 2.69. The minimum atomic E-state index is -0.255. The molecule has 0 spiro atoms. The third kappa shape index (κ3) is 7.24. The molecule has 2 unspecified atom stereocenters. The molecule has 1 aliphatic heterocycles. The number of guanidine groups is 1. The van der Waals surface area contributed by atoms with Gasteiger partial charge < -0.3 is 21.1 Å². The summed E-state index contributed by atoms with van der Waals surface area (Å²) in [5.74, 6) is 0.975. The fourth-order valence-corrected chi connectivity index (χ4v) is 4.10. The first-order valence-electron chi connectivity index (χ1n) is 11.2. The quantitative estimate of drug-likeness (QED) is 0.369. The molecule has 7 heteroatoms. The number of hydrogen-bond donors (Lipinski definition) is 4. The molecule has 162 valence electrons. The number of likely N-dealkylation sites (tertiary alicyclic amines) is 1. The van der Waals surface area contributed by atoms with Crippen molar-refractivity contribution in [2.75, 3.05) is 39.3 Å². The maximum Gasteiger partial charge on any atom is 0.234 e. The number of amides is 1. The van der Waals surface area contributed by atoms with Crippen molar-refractivity contribution in [1.29, 1.82) is 0 Å². The molecule has 2 fully saturated rings. The standard InChI is InChI=1S/C21H41N5O2/c1-4-12-23-19(28)15-26-13-9-17(10-14-26)25-20(22-5-2)24-16-21(3)11-7-6-8-18(21)27/h17-18,27H,4-16H2,1-3H3,(H,23,28)(H2,22,24,25). The Kier molecular flexibility index (Phi) is 9.51. The molecular formula is C21H41N5O2. The minimum absolute atomic E-state index is 0.115. The van der Waals surface area contributed by atoms with Crippen LogP contribution < -0.4 is 16.0 Å². The van der Waals surface area contributed by atoms with Crippen molar-refractivity contribution in [1.82, 2.24) is 20.9 Å². The largest absolute Gasteiger partial charge is 0.392 e. The van der Waals surface area contributed by atoms with Crippen molar-refractivity contribution in [3.05, 3.63) is 0 Å². The summed E-state index contributed by atoms with van der Waals surface area (Å²) < 4.78 is 0. The lowest BCUT2D eigenvalue weighted by Gasteiger charge is -2.37. The van der Waals surface area contributed by atoms with Gasteiger partial charge in [0.25, 0.3) is 0 Å². The van der Waals surface area contributed by atoms with Gasteiger partial charge in [-0.25, -0.2) is 0 Å². The van der Waals surface area contributed by atoms with Crippen LogP contribution in [0.15, 0.2) is 4.99 Å². The first-order chi connectivity index (χ1) is 13.5. The summed E-state index contributed by atoms with van der Waals surface area (Å²) in [6, 6.07) is 0.372. The number of hydrogen-bond acceptors (Lipinski definition) is 4. The molecule has 28 heavy (non-hydrogen) atoms. The second kappa shape index (κ2) is 11.6. The number of aliphatic hydroxyl groups is 1. The average molecular weight is 396 g/mol. The molecule has 2 aliphatic rings. The Morgan fingerprint density at radius 1 is 1.18 bits per heavy atom. The molecule has 0 aromatic carbocycles. The molecule has 1 saturated carbocycles. The smallest absolute Gasteiger partial charge is 0.234 e. The summed E-state index contributed by atoms with van der Waals surface area (Å²) in [4.78, 5) is 18.9. The van der Waals surface area contributed by atoms with Crippen LogP contribution in [0, 0.1) is 5.41 Å². The predicted octanol–water partition coefficient (Wildman–Crippen LogP) is 1.47. The van der Waals surface area contributed by atoms with E-state index in [1.807, 2.05) is 0 Å². The van der Waals surface area contributed by atoms with Crippen LogP contribution in [0.2, 0.25) is 0 Å². The van der Waals surface area contributed by atoms with Gasteiger partial charge in [-0.3, -0.25) is 14.7 Å². The summed E-state index contributed by atoms with van der Waals surface area (Å²) in [5, 5.41) is 20.3. The molecule has 0 radical (unpaired) electrons. The highest BCUT2D eigenvalue weighted by atomic mass is 16.3. The normalized spacial score (nSPS) is 27.4. The maximum atomic E-state index is 11.9. The van der Waals surface area contributed by atoms with Crippen molar-refractivity contribution in [3.63, 3.8) is 0 Å². The molecule has 1 aliphatic carbocycles. The van der Waals surface area contributed by atoms with Gasteiger partial charge in [0.2, 0.25) is 5.91 Å². The fraction of sp³-hybridized carbons (Fsp3) is 0.905. The van der Waals surface area contributed by atoms with E-state index in [0.29, 0.717) is 19.1 Å². The van der Waals surface area contributed by atoms with Crippen LogP contribution in [0.5, 0.6) is 0 Å². The number of piperidine rings is 1. The highest BCUT2D eigenvalue weighted by molar-refractivity contribution is 5.80. The van der Waals surface area contributed by atoms with Crippen molar-refractivity contribution in [2.24, 2.45) is 10.4 Å². The predicted molar refractivity (Wildman–Crippen MR) is 114 cm³/mol. The van der Waals surface area contributed by atoms with E-state index in [9.17, 15) is 9.90 Å². The molecule has 7 nitrogen and oxygen atoms in total. The third-order valence-corrected chi connectivity index (χ3v) is 6.09. The Morgan fingerprint density at radius 3 is 2.57 bits per heavy atom. The van der Waals surface area contributed by atoms with E-state index in [0.717, 1.165) is 70.7 Å². The van der Waals surface area contributed by atoms with E-state index in [2.05, 4.69) is 41.6 Å². The Hall–Kier alpha value is -1.34. The SMILES string of the molecule is CCCNC(=O)CN1CCC(NC(=NCC2(C)CCCCC2O)NCC)CC1. The number of aliphatic imine (C=N–C) groups is 1. The Labute approximate surface area is 170 Å². The van der Waals surface area contributed by atoms with Crippen LogP contribution in [0.4, 0.5) is 0 Å². The zero-order chi connectivity index (χ0) is 20.4. The van der Waals surface area contributed by atoms with E-state index >= 15 is 0 Å². The van der Waals surface area contributed by atoms with Crippen LogP contribution in [0.25, 0.3) is 0 Å². The zero-order valence-electron chi connectivity index (χ0n) is 18.1. The monoisotopic (exact) mass is 395 g/mol. The topological polar surface area (TPSA) is 89.0 Å². The number of rotatable bonds is 8. The van der Waals surface area contributed by atoms with Gasteiger partial charge in [0.15, 0.2) is 5.96 Å². The van der Waals surface area contributed by atoms with Crippen molar-refractivity contribution >= 4 is 11.9 Å². The van der Waals surface area contributed by atoms with Gasteiger partial charge in [0.05, 0.1) is 19.2 Å². The maximum absolute atomic E-state index is 11.9. The van der Waals surface area contributed by atoms with Gasteiger partial charge in [0.1, 0.15) is 0 Å². The van der Waals surface area contributed by atoms with Crippen LogP contribution in [0.3, 0.4) is 0 Å². The van der Waals surface area contributed by atoms with Gasteiger partial charge in [-0.2, -0.15) is 0 Å². The van der Waals surface area contributed by atoms with Gasteiger partial charge in [-0.1, -0.05) is 26.7 Å². The molecule has 1 amide bonds. The molecule has 1 heterocycles. The lowest BCUT2D eigenvalue weighted by Crippen LogP contribution is -2.50. The molecular weight excluding hydrogens is 354 g/mol. The van der Waals surface area contributed by atoms with E-state index in [-0.39, 0.29) is 17.4 Å². The van der Waals surface area contributed by atoms with E-state index in [1.54, 1.807) is 0 Å². The molecule has 4 N–H and O–H groups in total. The molecule has 1 saturated heterocycles. The Balaban J connectivity index is 1.80. The molecule has 2 atom stereocenters. The molecule has 0 bridgehead atoms. The molecule has 0 aromatic rings. The summed E-state index contributed by atoms with van der Waals surface area (Å²) in [5.41, 5.74) is -0.115. The third-order valence-electron chi connectivity index (χ3n) is 6.09. The van der Waals surface area contributed by atoms with Crippen molar-refractivity contribution in [3.8, 4) is 0 Å². The Morgan fingerprint density at radius 2 is 1.93 bits per heavy atom. The van der Waals surface area contributed by atoms with Gasteiger partial charge in [0, 0.05) is 37.6 Å². The van der Waals surface area contributed by atoms with Crippen LogP contribution in [-0.2, 0) is 4.79 Å². The summed E-state index contributed by atoms with van der Waals surface area (Å²) in [6.45, 7) is 10.9. The zero-order valence-corrected chi connectivity index (χ0v) is 18.1. The number of aliphatic hydroxyl groups excluding tert-OH is 1. The second-order valence-corrected chi connectivity index (χ2v) is 8.66. The van der Waals surface area contributed by atoms with E-state index in [1.165, 1.54) is 6.42 Å². The number of nitrogens with zero attached hydrogens (tertiary/aromatic N) is 2. The first kappa shape index (κ1) is 22.9. The summed E-state index contributed by atoms with van der Waals surface area (Å²) in [6.07, 6.45) is 6.95. The fourth-order valence-electron chi connectivity index (χ4n) is 4.10. The molecule has 2 rings (SSSR count). The lowest BCUT2D eigenvalue weighted by atomic mass is 9.73. The number of carbonyl (C=O) groups is 1. The highest BCUT2D eigenvalue weighted by Crippen LogP contribution is 2.36. The lowest BCUT2D eigenvalue weighted by molar-refractivity contribution is -0.122. The van der Waals surface area contributed by atoms with E-state index < -0.39 is 0 Å². The number of nitrogens with one attached hydrogen (secondary N) is 3. The first-order valence-corrected chi connectivity index (χ1v) is 11.2. The van der Waals surface area contributed by atoms with Gasteiger partial charge in [-0.05, 0) is 39.0 Å². The van der Waals surface area contributed by atoms with E-state index in [4.69, 9.17) is 4.99 Å². The van der Waals surface area contributed by atoms with Crippen LogP contribution in [0.1, 0.15) is 65.7 Å². The van der Waals surface area contributed by atoms with Gasteiger partial charge in [-0.15, -0.1) is 0 Å². The number of carbonyl (C=O) groups excluding carboxylic acids is 1. The summed E-state index contributed by atoms with van der Waals surface area (Å²) in [7, 11) is 0. The highest BCUT2D eigenvalue weighted by Gasteiger charge is 2.35. The Bertz CT molecular complexity index is 505. The second-order valence-electron chi connectivity index (χ2n) is 8.66. The van der Waals surface area contributed by atoms with Crippen molar-refractivity contribution < 1.29 is 9.90 Å². The minimum Gasteiger partial charge on any atom is -0.392 e. The summed E-state index contributed by atoms with van der Waals surface area (Å²) >= 11 is 0. The van der Waals surface area contributed by atoms with Crippen LogP contribution in [-0.4, -0.2) is 73.3 Å². The van der Waals surface area contributed by atoms with Gasteiger partial charge >= 0.3 is 0 Å². The van der Waals surface area contributed by atoms with Crippen LogP contribution >= 0.6 is 0 Å².